The summed E-state index contributed by atoms with van der Waals surface area (Å²) in [7, 11) is 0. The Morgan fingerprint density at radius 2 is 1.75 bits per heavy atom. The van der Waals surface area contributed by atoms with E-state index in [9.17, 15) is 4.79 Å². The summed E-state index contributed by atoms with van der Waals surface area (Å²) in [6, 6.07) is 3.54. The van der Waals surface area contributed by atoms with Gasteiger partial charge in [-0.15, -0.1) is 10.2 Å². The number of aromatic nitrogens is 2. The molecule has 0 aliphatic heterocycles. The fourth-order valence-corrected chi connectivity index (χ4v) is 1.91. The van der Waals surface area contributed by atoms with Gasteiger partial charge in [0.25, 0.3) is 5.91 Å². The van der Waals surface area contributed by atoms with Crippen LogP contribution in [-0.2, 0) is 0 Å². The summed E-state index contributed by atoms with van der Waals surface area (Å²) in [5.74, 6) is 0.648. The highest BCUT2D eigenvalue weighted by molar-refractivity contribution is 5.92. The Balaban J connectivity index is 2.78. The fourth-order valence-electron chi connectivity index (χ4n) is 1.91. The molecule has 0 bridgehead atoms. The van der Waals surface area contributed by atoms with E-state index in [1.54, 1.807) is 6.07 Å². The molecule has 0 aromatic carbocycles. The number of nitrogens with one attached hydrogen (secondary N) is 1. The molecule has 5 heteroatoms. The van der Waals surface area contributed by atoms with Crippen LogP contribution in [0.15, 0.2) is 12.1 Å². The van der Waals surface area contributed by atoms with Gasteiger partial charge in [-0.1, -0.05) is 13.8 Å². The van der Waals surface area contributed by atoms with Crippen molar-refractivity contribution in [2.45, 2.75) is 53.0 Å². The number of hydrogen-bond donors (Lipinski definition) is 1. The maximum Gasteiger partial charge on any atom is 0.274 e. The number of hydrogen-bond acceptors (Lipinski definition) is 4. The first-order valence-corrected chi connectivity index (χ1v) is 7.28. The highest BCUT2D eigenvalue weighted by atomic mass is 16.2. The zero-order chi connectivity index (χ0) is 15.2. The van der Waals surface area contributed by atoms with Gasteiger partial charge < -0.3 is 10.2 Å². The lowest BCUT2D eigenvalue weighted by Gasteiger charge is -2.22. The average molecular weight is 278 g/mol. The molecule has 1 rings (SSSR count). The Morgan fingerprint density at radius 1 is 1.15 bits per heavy atom. The number of nitrogens with zero attached hydrogens (tertiary/aromatic N) is 3. The largest absolute Gasteiger partial charge is 0.364 e. The SMILES string of the molecule is CCCN(CCC)C(=O)c1ccc(NC(C)(C)C)nn1. The van der Waals surface area contributed by atoms with Crippen molar-refractivity contribution in [3.8, 4) is 0 Å². The summed E-state index contributed by atoms with van der Waals surface area (Å²) >= 11 is 0. The lowest BCUT2D eigenvalue weighted by atomic mass is 10.1. The third-order valence-electron chi connectivity index (χ3n) is 2.66. The Labute approximate surface area is 121 Å². The molecule has 1 aromatic heterocycles. The Morgan fingerprint density at radius 3 is 2.15 bits per heavy atom. The van der Waals surface area contributed by atoms with Crippen molar-refractivity contribution >= 4 is 11.7 Å². The van der Waals surface area contributed by atoms with Crippen LogP contribution in [0.25, 0.3) is 0 Å². The molecule has 1 N–H and O–H groups in total. The van der Waals surface area contributed by atoms with Gasteiger partial charge in [-0.2, -0.15) is 0 Å². The number of amides is 1. The maximum absolute atomic E-state index is 12.3. The third kappa shape index (κ3) is 5.15. The molecule has 0 aliphatic rings. The minimum Gasteiger partial charge on any atom is -0.364 e. The van der Waals surface area contributed by atoms with E-state index in [1.165, 1.54) is 0 Å². The number of anilines is 1. The molecule has 1 aromatic rings. The van der Waals surface area contributed by atoms with E-state index in [0.717, 1.165) is 25.9 Å². The molecule has 0 saturated carbocycles. The second-order valence-corrected chi connectivity index (χ2v) is 5.97. The molecule has 0 aliphatic carbocycles. The van der Waals surface area contributed by atoms with E-state index >= 15 is 0 Å². The summed E-state index contributed by atoms with van der Waals surface area (Å²) in [5, 5.41) is 11.4. The van der Waals surface area contributed by atoms with Gasteiger partial charge >= 0.3 is 0 Å². The molecule has 0 unspecified atom stereocenters. The molecular weight excluding hydrogens is 252 g/mol. The van der Waals surface area contributed by atoms with E-state index in [4.69, 9.17) is 0 Å². The average Bonchev–Trinajstić information content (AvgIpc) is 2.37. The smallest absolute Gasteiger partial charge is 0.274 e. The summed E-state index contributed by atoms with van der Waals surface area (Å²) < 4.78 is 0. The van der Waals surface area contributed by atoms with Crippen LogP contribution in [-0.4, -0.2) is 39.6 Å². The zero-order valence-corrected chi connectivity index (χ0v) is 13.2. The number of carbonyl (C=O) groups excluding carboxylic acids is 1. The maximum atomic E-state index is 12.3. The summed E-state index contributed by atoms with van der Waals surface area (Å²) in [6.07, 6.45) is 1.89. The quantitative estimate of drug-likeness (QED) is 0.869. The van der Waals surface area contributed by atoms with Gasteiger partial charge in [0.15, 0.2) is 5.69 Å². The van der Waals surface area contributed by atoms with E-state index in [2.05, 4.69) is 50.1 Å². The van der Waals surface area contributed by atoms with Gasteiger partial charge in [0.05, 0.1) is 0 Å². The van der Waals surface area contributed by atoms with Crippen molar-refractivity contribution in [3.05, 3.63) is 17.8 Å². The number of rotatable bonds is 6. The molecule has 112 valence electrons. The summed E-state index contributed by atoms with van der Waals surface area (Å²) in [6.45, 7) is 11.8. The second kappa shape index (κ2) is 7.22. The summed E-state index contributed by atoms with van der Waals surface area (Å²) in [5.41, 5.74) is 0.336. The first kappa shape index (κ1) is 16.4. The molecule has 0 atom stereocenters. The monoisotopic (exact) mass is 278 g/mol. The van der Waals surface area contributed by atoms with Crippen molar-refractivity contribution in [1.29, 1.82) is 0 Å². The predicted molar refractivity (Wildman–Crippen MR) is 81.9 cm³/mol. The fraction of sp³-hybridized carbons (Fsp3) is 0.667. The molecule has 0 spiro atoms. The molecule has 1 heterocycles. The van der Waals surface area contributed by atoms with Crippen LogP contribution in [0.4, 0.5) is 5.82 Å². The highest BCUT2D eigenvalue weighted by Gasteiger charge is 2.17. The first-order chi connectivity index (χ1) is 9.37. The van der Waals surface area contributed by atoms with Crippen LogP contribution >= 0.6 is 0 Å². The van der Waals surface area contributed by atoms with Crippen molar-refractivity contribution in [2.24, 2.45) is 0 Å². The Kier molecular flexibility index (Phi) is 5.92. The number of carbonyl (C=O) groups is 1. The zero-order valence-electron chi connectivity index (χ0n) is 13.2. The van der Waals surface area contributed by atoms with Crippen LogP contribution in [0.2, 0.25) is 0 Å². The topological polar surface area (TPSA) is 58.1 Å². The molecule has 0 radical (unpaired) electrons. The van der Waals surface area contributed by atoms with Crippen molar-refractivity contribution in [1.82, 2.24) is 15.1 Å². The van der Waals surface area contributed by atoms with Crippen LogP contribution in [0.5, 0.6) is 0 Å². The Bertz CT molecular complexity index is 416. The van der Waals surface area contributed by atoms with E-state index in [0.29, 0.717) is 11.5 Å². The molecule has 0 saturated heterocycles. The van der Waals surface area contributed by atoms with Crippen molar-refractivity contribution < 1.29 is 4.79 Å². The van der Waals surface area contributed by atoms with Crippen LogP contribution in [0, 0.1) is 0 Å². The van der Waals surface area contributed by atoms with Gasteiger partial charge in [0.2, 0.25) is 0 Å². The van der Waals surface area contributed by atoms with Gasteiger partial charge in [-0.05, 0) is 45.7 Å². The normalized spacial score (nSPS) is 11.2. The minimum absolute atomic E-state index is 0.0384. The van der Waals surface area contributed by atoms with Gasteiger partial charge in [-0.25, -0.2) is 0 Å². The highest BCUT2D eigenvalue weighted by Crippen LogP contribution is 2.12. The second-order valence-electron chi connectivity index (χ2n) is 5.97. The standard InChI is InChI=1S/C15H26N4O/c1-6-10-19(11-7-2)14(20)12-8-9-13(18-17-12)16-15(3,4)5/h8-9H,6-7,10-11H2,1-5H3,(H,16,18). The van der Waals surface area contributed by atoms with Crippen molar-refractivity contribution in [2.75, 3.05) is 18.4 Å². The molecular formula is C15H26N4O. The predicted octanol–water partition coefficient (Wildman–Crippen LogP) is 2.95. The van der Waals surface area contributed by atoms with Crippen LogP contribution in [0.1, 0.15) is 57.9 Å². The third-order valence-corrected chi connectivity index (χ3v) is 2.66. The molecule has 1 amide bonds. The van der Waals surface area contributed by atoms with E-state index in [1.807, 2.05) is 11.0 Å². The molecule has 5 nitrogen and oxygen atoms in total. The van der Waals surface area contributed by atoms with Gasteiger partial charge in [-0.3, -0.25) is 4.79 Å². The summed E-state index contributed by atoms with van der Waals surface area (Å²) in [4.78, 5) is 14.2. The lowest BCUT2D eigenvalue weighted by Crippen LogP contribution is -2.33. The first-order valence-electron chi connectivity index (χ1n) is 7.28. The minimum atomic E-state index is -0.0728. The van der Waals surface area contributed by atoms with Crippen molar-refractivity contribution in [3.63, 3.8) is 0 Å². The van der Waals surface area contributed by atoms with Gasteiger partial charge in [0.1, 0.15) is 5.82 Å². The van der Waals surface area contributed by atoms with Crippen LogP contribution in [0.3, 0.4) is 0 Å². The lowest BCUT2D eigenvalue weighted by molar-refractivity contribution is 0.0748. The Hall–Kier alpha value is -1.65. The molecule has 0 fully saturated rings. The van der Waals surface area contributed by atoms with Crippen LogP contribution < -0.4 is 5.32 Å². The van der Waals surface area contributed by atoms with E-state index in [-0.39, 0.29) is 11.4 Å². The van der Waals surface area contributed by atoms with E-state index < -0.39 is 0 Å². The van der Waals surface area contributed by atoms with Gasteiger partial charge in [0, 0.05) is 18.6 Å². The molecule has 20 heavy (non-hydrogen) atoms.